The molecule has 0 aromatic carbocycles. The van der Waals surface area contributed by atoms with Gasteiger partial charge in [-0.15, -0.1) is 0 Å². The highest BCUT2D eigenvalue weighted by Gasteiger charge is 2.30. The zero-order valence-electron chi connectivity index (χ0n) is 7.81. The largest absolute Gasteiger partial charge is 0.330 e. The molecule has 1 rings (SSSR count). The molecule has 1 aliphatic heterocycles. The first-order valence-corrected chi connectivity index (χ1v) is 5.95. The summed E-state index contributed by atoms with van der Waals surface area (Å²) in [5.74, 6) is 0.259. The second-order valence-electron chi connectivity index (χ2n) is 3.64. The summed E-state index contributed by atoms with van der Waals surface area (Å²) in [6, 6.07) is 0.0119. The Bertz CT molecular complexity index is 265. The predicted octanol–water partition coefficient (Wildman–Crippen LogP) is -0.751. The van der Waals surface area contributed by atoms with Gasteiger partial charge in [-0.05, 0) is 32.2 Å². The van der Waals surface area contributed by atoms with E-state index >= 15 is 0 Å². The standard InChI is InChI=1S/C7H17N3O2S/c1-6-2-3-7(4-8)5-10(6)13(9,11)12/h6-7H,2-5,8H2,1H3,(H2,9,11,12). The van der Waals surface area contributed by atoms with Crippen LogP contribution in [0.4, 0.5) is 0 Å². The first-order chi connectivity index (χ1) is 5.95. The number of piperidine rings is 1. The van der Waals surface area contributed by atoms with Gasteiger partial charge in [-0.25, -0.2) is 5.14 Å². The van der Waals surface area contributed by atoms with E-state index in [9.17, 15) is 8.42 Å². The third kappa shape index (κ3) is 2.63. The first-order valence-electron chi connectivity index (χ1n) is 4.44. The summed E-state index contributed by atoms with van der Waals surface area (Å²) >= 11 is 0. The summed E-state index contributed by atoms with van der Waals surface area (Å²) in [6.45, 7) is 2.87. The third-order valence-electron chi connectivity index (χ3n) is 2.58. The summed E-state index contributed by atoms with van der Waals surface area (Å²) in [7, 11) is -3.54. The van der Waals surface area contributed by atoms with Gasteiger partial charge in [-0.1, -0.05) is 0 Å². The molecular weight excluding hydrogens is 190 g/mol. The van der Waals surface area contributed by atoms with Crippen LogP contribution in [0.2, 0.25) is 0 Å². The smallest absolute Gasteiger partial charge is 0.277 e. The van der Waals surface area contributed by atoms with Gasteiger partial charge in [-0.2, -0.15) is 12.7 Å². The van der Waals surface area contributed by atoms with E-state index in [1.807, 2.05) is 6.92 Å². The van der Waals surface area contributed by atoms with E-state index in [0.29, 0.717) is 13.1 Å². The molecule has 4 N–H and O–H groups in total. The Morgan fingerprint density at radius 2 is 2.08 bits per heavy atom. The maximum absolute atomic E-state index is 11.1. The van der Waals surface area contributed by atoms with Gasteiger partial charge in [0.25, 0.3) is 10.2 Å². The molecule has 0 aliphatic carbocycles. The first kappa shape index (κ1) is 10.9. The molecule has 0 aromatic rings. The number of rotatable bonds is 2. The highest BCUT2D eigenvalue weighted by atomic mass is 32.2. The molecule has 1 saturated heterocycles. The van der Waals surface area contributed by atoms with Crippen molar-refractivity contribution < 1.29 is 8.42 Å². The van der Waals surface area contributed by atoms with E-state index in [1.165, 1.54) is 4.31 Å². The fourth-order valence-corrected chi connectivity index (χ4v) is 2.72. The number of hydrogen-bond donors (Lipinski definition) is 2. The van der Waals surface area contributed by atoms with E-state index in [0.717, 1.165) is 12.8 Å². The van der Waals surface area contributed by atoms with Crippen LogP contribution in [0.5, 0.6) is 0 Å². The lowest BCUT2D eigenvalue weighted by Crippen LogP contribution is -2.49. The summed E-state index contributed by atoms with van der Waals surface area (Å²) in [5, 5.41) is 5.07. The SMILES string of the molecule is CC1CCC(CN)CN1S(N)(=O)=O. The molecule has 6 heteroatoms. The number of hydrogen-bond acceptors (Lipinski definition) is 3. The van der Waals surface area contributed by atoms with E-state index in [4.69, 9.17) is 10.9 Å². The molecule has 13 heavy (non-hydrogen) atoms. The molecule has 2 atom stereocenters. The third-order valence-corrected chi connectivity index (χ3v) is 3.75. The van der Waals surface area contributed by atoms with Gasteiger partial charge in [0.1, 0.15) is 0 Å². The molecule has 2 unspecified atom stereocenters. The molecule has 1 heterocycles. The van der Waals surface area contributed by atoms with Gasteiger partial charge in [0, 0.05) is 12.6 Å². The van der Waals surface area contributed by atoms with Gasteiger partial charge in [-0.3, -0.25) is 0 Å². The van der Waals surface area contributed by atoms with Crippen LogP contribution < -0.4 is 10.9 Å². The molecule has 78 valence electrons. The molecule has 0 amide bonds. The van der Waals surface area contributed by atoms with E-state index < -0.39 is 10.2 Å². The molecule has 0 aromatic heterocycles. The fraction of sp³-hybridized carbons (Fsp3) is 1.00. The summed E-state index contributed by atoms with van der Waals surface area (Å²) in [6.07, 6.45) is 1.84. The molecular formula is C7H17N3O2S. The zero-order chi connectivity index (χ0) is 10.1. The monoisotopic (exact) mass is 207 g/mol. The van der Waals surface area contributed by atoms with Crippen LogP contribution in [0.25, 0.3) is 0 Å². The minimum Gasteiger partial charge on any atom is -0.330 e. The molecule has 5 nitrogen and oxygen atoms in total. The van der Waals surface area contributed by atoms with Crippen LogP contribution in [-0.4, -0.2) is 31.9 Å². The van der Waals surface area contributed by atoms with Crippen LogP contribution in [-0.2, 0) is 10.2 Å². The second-order valence-corrected chi connectivity index (χ2v) is 5.14. The van der Waals surface area contributed by atoms with Crippen molar-refractivity contribution in [3.8, 4) is 0 Å². The van der Waals surface area contributed by atoms with E-state index in [1.54, 1.807) is 0 Å². The molecule has 1 fully saturated rings. The molecule has 1 aliphatic rings. The van der Waals surface area contributed by atoms with E-state index in [2.05, 4.69) is 0 Å². The Labute approximate surface area is 79.3 Å². The normalized spacial score (nSPS) is 31.9. The topological polar surface area (TPSA) is 89.4 Å². The van der Waals surface area contributed by atoms with Gasteiger partial charge >= 0.3 is 0 Å². The average Bonchev–Trinajstić information content (AvgIpc) is 2.03. The Kier molecular flexibility index (Phi) is 3.28. The maximum Gasteiger partial charge on any atom is 0.277 e. The number of nitrogens with two attached hydrogens (primary N) is 2. The minimum atomic E-state index is -3.54. The Balaban J connectivity index is 2.71. The quantitative estimate of drug-likeness (QED) is 0.624. The summed E-state index contributed by atoms with van der Waals surface area (Å²) in [5.41, 5.74) is 5.49. The Morgan fingerprint density at radius 3 is 2.54 bits per heavy atom. The van der Waals surface area contributed by atoms with Crippen LogP contribution in [0.15, 0.2) is 0 Å². The lowest BCUT2D eigenvalue weighted by Gasteiger charge is -2.35. The van der Waals surface area contributed by atoms with Crippen molar-refractivity contribution in [2.75, 3.05) is 13.1 Å². The van der Waals surface area contributed by atoms with Crippen LogP contribution in [0.1, 0.15) is 19.8 Å². The van der Waals surface area contributed by atoms with Gasteiger partial charge in [0.05, 0.1) is 0 Å². The highest BCUT2D eigenvalue weighted by Crippen LogP contribution is 2.22. The van der Waals surface area contributed by atoms with Crippen molar-refractivity contribution in [1.82, 2.24) is 4.31 Å². The average molecular weight is 207 g/mol. The summed E-state index contributed by atoms with van der Waals surface area (Å²) < 4.78 is 23.6. The second kappa shape index (κ2) is 3.91. The Hall–Kier alpha value is -0.170. The van der Waals surface area contributed by atoms with Crippen molar-refractivity contribution in [3.05, 3.63) is 0 Å². The lowest BCUT2D eigenvalue weighted by atomic mass is 9.96. The summed E-state index contributed by atoms with van der Waals surface area (Å²) in [4.78, 5) is 0. The number of nitrogens with zero attached hydrogens (tertiary/aromatic N) is 1. The van der Waals surface area contributed by atoms with Crippen molar-refractivity contribution in [2.45, 2.75) is 25.8 Å². The van der Waals surface area contributed by atoms with Gasteiger partial charge < -0.3 is 5.73 Å². The van der Waals surface area contributed by atoms with Crippen LogP contribution in [0, 0.1) is 5.92 Å². The van der Waals surface area contributed by atoms with Gasteiger partial charge in [0.2, 0.25) is 0 Å². The minimum absolute atomic E-state index is 0.0119. The van der Waals surface area contributed by atoms with Crippen LogP contribution in [0.3, 0.4) is 0 Å². The molecule has 0 saturated carbocycles. The van der Waals surface area contributed by atoms with E-state index in [-0.39, 0.29) is 12.0 Å². The van der Waals surface area contributed by atoms with Crippen molar-refractivity contribution >= 4 is 10.2 Å². The fourth-order valence-electron chi connectivity index (χ4n) is 1.69. The molecule has 0 bridgehead atoms. The lowest BCUT2D eigenvalue weighted by molar-refractivity contribution is 0.211. The molecule has 0 radical (unpaired) electrons. The van der Waals surface area contributed by atoms with Crippen molar-refractivity contribution in [2.24, 2.45) is 16.8 Å². The van der Waals surface area contributed by atoms with Crippen LogP contribution >= 0.6 is 0 Å². The van der Waals surface area contributed by atoms with Gasteiger partial charge in [0.15, 0.2) is 0 Å². The Morgan fingerprint density at radius 1 is 1.46 bits per heavy atom. The molecule has 0 spiro atoms. The highest BCUT2D eigenvalue weighted by molar-refractivity contribution is 7.86. The van der Waals surface area contributed by atoms with Crippen molar-refractivity contribution in [3.63, 3.8) is 0 Å². The zero-order valence-corrected chi connectivity index (χ0v) is 8.63. The maximum atomic E-state index is 11.1. The predicted molar refractivity (Wildman–Crippen MR) is 51.1 cm³/mol. The van der Waals surface area contributed by atoms with Crippen molar-refractivity contribution in [1.29, 1.82) is 0 Å².